The highest BCUT2D eigenvalue weighted by Gasteiger charge is 2.23. The van der Waals surface area contributed by atoms with Crippen molar-refractivity contribution in [3.63, 3.8) is 0 Å². The Hall–Kier alpha value is -7.50. The molecule has 0 saturated heterocycles. The standard InChI is InChI=1S/C50H31N3O2/c1-3-13-34(14-4-1)41-30-42(35-15-5-2-6-16-35)52-50(51-41)37-18-11-17-36(28-37)32-22-25-38(26-23-32)53-43-27-24-33-12-7-8-19-39(33)49(43)40-29-47-48(31-44(40)53)55-46-21-10-9-20-45(46)54-47/h1-31H. The Kier molecular flexibility index (Phi) is 7.10. The van der Waals surface area contributed by atoms with E-state index in [1.54, 1.807) is 0 Å². The summed E-state index contributed by atoms with van der Waals surface area (Å²) in [4.78, 5) is 10.1. The van der Waals surface area contributed by atoms with E-state index < -0.39 is 0 Å². The molecule has 0 spiro atoms. The van der Waals surface area contributed by atoms with Crippen LogP contribution in [-0.4, -0.2) is 14.5 Å². The average Bonchev–Trinajstić information content (AvgIpc) is 3.58. The van der Waals surface area contributed by atoms with Crippen molar-refractivity contribution in [1.82, 2.24) is 14.5 Å². The van der Waals surface area contributed by atoms with Crippen LogP contribution in [0.4, 0.5) is 0 Å². The zero-order valence-electron chi connectivity index (χ0n) is 29.6. The molecule has 11 rings (SSSR count). The quantitative estimate of drug-likeness (QED) is 0.179. The molecule has 3 heterocycles. The van der Waals surface area contributed by atoms with Gasteiger partial charge in [0.1, 0.15) is 0 Å². The predicted molar refractivity (Wildman–Crippen MR) is 222 cm³/mol. The van der Waals surface area contributed by atoms with Crippen molar-refractivity contribution < 1.29 is 9.47 Å². The van der Waals surface area contributed by atoms with Crippen molar-refractivity contribution in [2.75, 3.05) is 0 Å². The summed E-state index contributed by atoms with van der Waals surface area (Å²) >= 11 is 0. The van der Waals surface area contributed by atoms with E-state index in [1.807, 2.05) is 60.7 Å². The summed E-state index contributed by atoms with van der Waals surface area (Å²) in [7, 11) is 0. The normalized spacial score (nSPS) is 11.9. The number of hydrogen-bond donors (Lipinski definition) is 0. The van der Waals surface area contributed by atoms with Crippen LogP contribution in [0.3, 0.4) is 0 Å². The number of nitrogens with zero attached hydrogens (tertiary/aromatic N) is 3. The van der Waals surface area contributed by atoms with Gasteiger partial charge < -0.3 is 14.0 Å². The molecular formula is C50H31N3O2. The molecule has 5 heteroatoms. The monoisotopic (exact) mass is 705 g/mol. The highest BCUT2D eigenvalue weighted by atomic mass is 16.6. The van der Waals surface area contributed by atoms with Gasteiger partial charge in [-0.25, -0.2) is 9.97 Å². The smallest absolute Gasteiger partial charge is 0.172 e. The first-order valence-corrected chi connectivity index (χ1v) is 18.4. The van der Waals surface area contributed by atoms with Crippen LogP contribution < -0.4 is 9.47 Å². The SMILES string of the molecule is c1ccc(-c2cc(-c3ccccc3)nc(-c3cccc(-c4ccc(-n5c6cc7c(cc6c6c8ccccc8ccc65)Oc5ccccc5O7)cc4)c3)n2)cc1. The first-order valence-electron chi connectivity index (χ1n) is 18.4. The van der Waals surface area contributed by atoms with Crippen LogP contribution in [0.15, 0.2) is 188 Å². The lowest BCUT2D eigenvalue weighted by atomic mass is 10.0. The second-order valence-corrected chi connectivity index (χ2v) is 13.8. The predicted octanol–water partition coefficient (Wildman–Crippen LogP) is 13.3. The van der Waals surface area contributed by atoms with Gasteiger partial charge in [0.15, 0.2) is 28.8 Å². The van der Waals surface area contributed by atoms with E-state index in [9.17, 15) is 0 Å². The van der Waals surface area contributed by atoms with Gasteiger partial charge in [-0.05, 0) is 70.4 Å². The minimum absolute atomic E-state index is 0.688. The second kappa shape index (κ2) is 12.6. The van der Waals surface area contributed by atoms with E-state index in [2.05, 4.69) is 132 Å². The lowest BCUT2D eigenvalue weighted by molar-refractivity contribution is 0.360. The lowest BCUT2D eigenvalue weighted by Crippen LogP contribution is -1.99. The maximum atomic E-state index is 6.40. The summed E-state index contributed by atoms with van der Waals surface area (Å²) in [6, 6.07) is 65.0. The molecule has 10 aromatic rings. The molecule has 0 saturated carbocycles. The molecule has 5 nitrogen and oxygen atoms in total. The first-order chi connectivity index (χ1) is 27.2. The van der Waals surface area contributed by atoms with Crippen molar-refractivity contribution >= 4 is 32.6 Å². The molecule has 1 aliphatic rings. The van der Waals surface area contributed by atoms with Crippen molar-refractivity contribution in [3.8, 4) is 73.7 Å². The minimum Gasteiger partial charge on any atom is -0.449 e. The number of fused-ring (bicyclic) bond motifs is 7. The Bertz CT molecular complexity index is 3020. The van der Waals surface area contributed by atoms with Crippen molar-refractivity contribution in [2.45, 2.75) is 0 Å². The van der Waals surface area contributed by atoms with E-state index in [0.717, 1.165) is 67.1 Å². The average molecular weight is 706 g/mol. The summed E-state index contributed by atoms with van der Waals surface area (Å²) in [6.07, 6.45) is 0. The van der Waals surface area contributed by atoms with E-state index in [-0.39, 0.29) is 0 Å². The first kappa shape index (κ1) is 31.1. The lowest BCUT2D eigenvalue weighted by Gasteiger charge is -2.20. The maximum Gasteiger partial charge on any atom is 0.172 e. The van der Waals surface area contributed by atoms with Gasteiger partial charge in [-0.2, -0.15) is 0 Å². The molecule has 258 valence electrons. The highest BCUT2D eigenvalue weighted by molar-refractivity contribution is 6.21. The minimum atomic E-state index is 0.688. The molecule has 8 aromatic carbocycles. The van der Waals surface area contributed by atoms with Gasteiger partial charge in [-0.15, -0.1) is 0 Å². The fraction of sp³-hybridized carbons (Fsp3) is 0. The Balaban J connectivity index is 1.02. The van der Waals surface area contributed by atoms with Gasteiger partial charge in [0.2, 0.25) is 0 Å². The van der Waals surface area contributed by atoms with Gasteiger partial charge in [0, 0.05) is 39.2 Å². The molecular weight excluding hydrogens is 675 g/mol. The maximum absolute atomic E-state index is 6.40. The summed E-state index contributed by atoms with van der Waals surface area (Å²) in [5.74, 6) is 3.52. The van der Waals surface area contributed by atoms with Gasteiger partial charge in [0.05, 0.1) is 22.4 Å². The molecule has 0 radical (unpaired) electrons. The second-order valence-electron chi connectivity index (χ2n) is 13.8. The molecule has 0 fully saturated rings. The topological polar surface area (TPSA) is 49.2 Å². The summed E-state index contributed by atoms with van der Waals surface area (Å²) < 4.78 is 15.1. The van der Waals surface area contributed by atoms with E-state index >= 15 is 0 Å². The number of benzene rings is 8. The Morgan fingerprint density at radius 2 is 0.964 bits per heavy atom. The van der Waals surface area contributed by atoms with Crippen molar-refractivity contribution in [3.05, 3.63) is 188 Å². The van der Waals surface area contributed by atoms with E-state index in [0.29, 0.717) is 23.1 Å². The summed E-state index contributed by atoms with van der Waals surface area (Å²) in [5.41, 5.74) is 10.3. The fourth-order valence-corrected chi connectivity index (χ4v) is 7.82. The van der Waals surface area contributed by atoms with Crippen LogP contribution in [0.1, 0.15) is 0 Å². The molecule has 55 heavy (non-hydrogen) atoms. The third-order valence-electron chi connectivity index (χ3n) is 10.5. The van der Waals surface area contributed by atoms with Crippen LogP contribution in [0, 0.1) is 0 Å². The molecule has 0 bridgehead atoms. The molecule has 1 aliphatic heterocycles. The Morgan fingerprint density at radius 1 is 0.364 bits per heavy atom. The molecule has 0 atom stereocenters. The number of hydrogen-bond acceptors (Lipinski definition) is 4. The van der Waals surface area contributed by atoms with Gasteiger partial charge in [-0.3, -0.25) is 0 Å². The van der Waals surface area contributed by atoms with Gasteiger partial charge >= 0.3 is 0 Å². The van der Waals surface area contributed by atoms with Crippen LogP contribution in [-0.2, 0) is 0 Å². The van der Waals surface area contributed by atoms with Gasteiger partial charge in [0.25, 0.3) is 0 Å². The van der Waals surface area contributed by atoms with E-state index in [4.69, 9.17) is 19.4 Å². The van der Waals surface area contributed by atoms with Crippen LogP contribution >= 0.6 is 0 Å². The van der Waals surface area contributed by atoms with Crippen molar-refractivity contribution in [2.24, 2.45) is 0 Å². The van der Waals surface area contributed by atoms with Crippen LogP contribution in [0.5, 0.6) is 23.0 Å². The highest BCUT2D eigenvalue weighted by Crippen LogP contribution is 2.49. The van der Waals surface area contributed by atoms with Gasteiger partial charge in [-0.1, -0.05) is 133 Å². The molecule has 0 aliphatic carbocycles. The summed E-state index contributed by atoms with van der Waals surface area (Å²) in [5, 5.41) is 4.68. The number of rotatable bonds is 5. The molecule has 0 amide bonds. The Morgan fingerprint density at radius 3 is 1.67 bits per heavy atom. The third kappa shape index (κ3) is 5.33. The Labute approximate surface area is 317 Å². The zero-order valence-corrected chi connectivity index (χ0v) is 29.6. The van der Waals surface area contributed by atoms with E-state index in [1.165, 1.54) is 16.2 Å². The molecule has 0 N–H and O–H groups in total. The number of aromatic nitrogens is 3. The molecule has 2 aromatic heterocycles. The van der Waals surface area contributed by atoms with Crippen molar-refractivity contribution in [1.29, 1.82) is 0 Å². The largest absolute Gasteiger partial charge is 0.449 e. The number of para-hydroxylation sites is 2. The van der Waals surface area contributed by atoms with Crippen LogP contribution in [0.2, 0.25) is 0 Å². The fourth-order valence-electron chi connectivity index (χ4n) is 7.82. The number of ether oxygens (including phenoxy) is 2. The summed E-state index contributed by atoms with van der Waals surface area (Å²) in [6.45, 7) is 0. The molecule has 0 unspecified atom stereocenters. The third-order valence-corrected chi connectivity index (χ3v) is 10.5. The zero-order chi connectivity index (χ0) is 36.3. The van der Waals surface area contributed by atoms with Crippen LogP contribution in [0.25, 0.3) is 83.3 Å².